The second-order valence-electron chi connectivity index (χ2n) is 9.74. The van der Waals surface area contributed by atoms with Crippen molar-refractivity contribution in [3.63, 3.8) is 0 Å². The van der Waals surface area contributed by atoms with Crippen LogP contribution in [0.1, 0.15) is 28.4 Å². The lowest BCUT2D eigenvalue weighted by Crippen LogP contribution is -2.21. The van der Waals surface area contributed by atoms with E-state index in [-0.39, 0.29) is 11.5 Å². The molecule has 1 aromatic heterocycles. The molecule has 0 fully saturated rings. The molecule has 8 heteroatoms. The number of aromatic nitrogens is 2. The maximum Gasteiger partial charge on any atom is 0.338 e. The Morgan fingerprint density at radius 2 is 1.17 bits per heavy atom. The van der Waals surface area contributed by atoms with E-state index in [1.54, 1.807) is 42.5 Å². The Labute approximate surface area is 237 Å². The molecule has 0 saturated carbocycles. The molecule has 0 radical (unpaired) electrons. The minimum atomic E-state index is -0.649. The lowest BCUT2D eigenvalue weighted by Gasteiger charge is -2.12. The monoisotopic (exact) mass is 544 g/mol. The van der Waals surface area contributed by atoms with Crippen molar-refractivity contribution < 1.29 is 19.1 Å². The Balaban J connectivity index is 1.35. The number of anilines is 2. The molecule has 0 spiro atoms. The van der Waals surface area contributed by atoms with Crippen molar-refractivity contribution in [2.75, 3.05) is 17.2 Å². The molecule has 0 aliphatic carbocycles. The van der Waals surface area contributed by atoms with Crippen LogP contribution in [0.4, 0.5) is 11.4 Å². The van der Waals surface area contributed by atoms with E-state index in [0.717, 1.165) is 27.9 Å². The molecule has 0 aliphatic heterocycles. The third-order valence-corrected chi connectivity index (χ3v) is 6.37. The first-order valence-corrected chi connectivity index (χ1v) is 13.1. The minimum Gasteiger partial charge on any atom is -0.452 e. The molecule has 5 rings (SSSR count). The number of fused-ring (bicyclic) bond motifs is 1. The fourth-order valence-electron chi connectivity index (χ4n) is 4.26. The quantitative estimate of drug-likeness (QED) is 0.232. The zero-order valence-corrected chi connectivity index (χ0v) is 22.9. The smallest absolute Gasteiger partial charge is 0.338 e. The summed E-state index contributed by atoms with van der Waals surface area (Å²) >= 11 is 0. The van der Waals surface area contributed by atoms with Crippen molar-refractivity contribution in [1.82, 2.24) is 9.97 Å². The van der Waals surface area contributed by atoms with Gasteiger partial charge < -0.3 is 15.4 Å². The van der Waals surface area contributed by atoms with Crippen LogP contribution in [0, 0.1) is 13.8 Å². The minimum absolute atomic E-state index is 0.188. The van der Waals surface area contributed by atoms with E-state index < -0.39 is 18.5 Å². The number of carbonyl (C=O) groups is 3. The standard InChI is InChI=1S/C33H28N4O4/c1-20-4-8-23(9-5-20)31-32(24-10-6-21(2)7-11-24)37-29-18-25(12-17-28(29)36-31)33(40)41-19-30(39)35-27-15-13-26(14-16-27)34-22(3)38/h4-18H,19H2,1-3H3,(H,34,38)(H,35,39). The number of amides is 2. The van der Waals surface area contributed by atoms with Crippen LogP contribution in [-0.2, 0) is 14.3 Å². The number of hydrogen-bond acceptors (Lipinski definition) is 6. The zero-order valence-electron chi connectivity index (χ0n) is 22.9. The Bertz CT molecular complexity index is 1750. The van der Waals surface area contributed by atoms with Crippen LogP contribution in [0.25, 0.3) is 33.5 Å². The van der Waals surface area contributed by atoms with Crippen LogP contribution in [-0.4, -0.2) is 34.4 Å². The Kier molecular flexibility index (Phi) is 7.83. The van der Waals surface area contributed by atoms with E-state index in [1.807, 2.05) is 62.4 Å². The highest BCUT2D eigenvalue weighted by atomic mass is 16.5. The Morgan fingerprint density at radius 1 is 0.659 bits per heavy atom. The molecular weight excluding hydrogens is 516 g/mol. The average Bonchev–Trinajstić information content (AvgIpc) is 2.96. The highest BCUT2D eigenvalue weighted by Gasteiger charge is 2.16. The topological polar surface area (TPSA) is 110 Å². The summed E-state index contributed by atoms with van der Waals surface area (Å²) in [5.74, 6) is -1.33. The van der Waals surface area contributed by atoms with Crippen LogP contribution in [0.15, 0.2) is 91.0 Å². The van der Waals surface area contributed by atoms with Crippen molar-refractivity contribution >= 4 is 40.2 Å². The number of aryl methyl sites for hydroxylation is 2. The second kappa shape index (κ2) is 11.8. The molecule has 0 unspecified atom stereocenters. The maximum atomic E-state index is 12.8. The second-order valence-corrected chi connectivity index (χ2v) is 9.74. The summed E-state index contributed by atoms with van der Waals surface area (Å²) in [6.07, 6.45) is 0. The molecule has 0 aliphatic rings. The van der Waals surface area contributed by atoms with Gasteiger partial charge in [0.2, 0.25) is 5.91 Å². The highest BCUT2D eigenvalue weighted by molar-refractivity contribution is 5.98. The van der Waals surface area contributed by atoms with Crippen molar-refractivity contribution in [3.05, 3.63) is 108 Å². The largest absolute Gasteiger partial charge is 0.452 e. The molecule has 0 bridgehead atoms. The maximum absolute atomic E-state index is 12.8. The van der Waals surface area contributed by atoms with E-state index >= 15 is 0 Å². The molecule has 41 heavy (non-hydrogen) atoms. The van der Waals surface area contributed by atoms with Gasteiger partial charge in [-0.05, 0) is 56.3 Å². The molecule has 2 N–H and O–H groups in total. The number of rotatable bonds is 7. The van der Waals surface area contributed by atoms with Gasteiger partial charge in [0.05, 0.1) is 28.0 Å². The van der Waals surface area contributed by atoms with Crippen molar-refractivity contribution in [3.8, 4) is 22.5 Å². The van der Waals surface area contributed by atoms with Crippen molar-refractivity contribution in [2.45, 2.75) is 20.8 Å². The third-order valence-electron chi connectivity index (χ3n) is 6.37. The molecule has 4 aromatic carbocycles. The lowest BCUT2D eigenvalue weighted by molar-refractivity contribution is -0.119. The van der Waals surface area contributed by atoms with Gasteiger partial charge in [0, 0.05) is 29.4 Å². The summed E-state index contributed by atoms with van der Waals surface area (Å²) in [4.78, 5) is 46.2. The molecule has 5 aromatic rings. The molecule has 0 atom stereocenters. The fraction of sp³-hybridized carbons (Fsp3) is 0.121. The number of nitrogens with one attached hydrogen (secondary N) is 2. The first kappa shape index (κ1) is 27.2. The third kappa shape index (κ3) is 6.62. The van der Waals surface area contributed by atoms with E-state index in [0.29, 0.717) is 28.1 Å². The van der Waals surface area contributed by atoms with E-state index in [2.05, 4.69) is 10.6 Å². The number of nitrogens with zero attached hydrogens (tertiary/aromatic N) is 2. The zero-order chi connectivity index (χ0) is 28.9. The number of esters is 1. The van der Waals surface area contributed by atoms with Gasteiger partial charge in [0.15, 0.2) is 6.61 Å². The number of hydrogen-bond donors (Lipinski definition) is 2. The number of ether oxygens (including phenoxy) is 1. The summed E-state index contributed by atoms with van der Waals surface area (Å²) in [5.41, 5.74) is 8.14. The van der Waals surface area contributed by atoms with Crippen LogP contribution < -0.4 is 10.6 Å². The van der Waals surface area contributed by atoms with Crippen LogP contribution in [0.2, 0.25) is 0 Å². The first-order valence-electron chi connectivity index (χ1n) is 13.1. The van der Waals surface area contributed by atoms with Gasteiger partial charge in [0.25, 0.3) is 5.91 Å². The molecule has 2 amide bonds. The summed E-state index contributed by atoms with van der Waals surface area (Å²) < 4.78 is 5.26. The van der Waals surface area contributed by atoms with Crippen LogP contribution in [0.5, 0.6) is 0 Å². The molecular formula is C33H28N4O4. The van der Waals surface area contributed by atoms with E-state index in [4.69, 9.17) is 14.7 Å². The summed E-state index contributed by atoms with van der Waals surface area (Å²) in [6.45, 7) is 5.01. The van der Waals surface area contributed by atoms with Gasteiger partial charge in [-0.25, -0.2) is 14.8 Å². The summed E-state index contributed by atoms with van der Waals surface area (Å²) in [5, 5.41) is 5.32. The van der Waals surface area contributed by atoms with Gasteiger partial charge in [-0.15, -0.1) is 0 Å². The highest BCUT2D eigenvalue weighted by Crippen LogP contribution is 2.31. The summed E-state index contributed by atoms with van der Waals surface area (Å²) in [6, 6.07) is 27.8. The van der Waals surface area contributed by atoms with Crippen molar-refractivity contribution in [1.29, 1.82) is 0 Å². The fourth-order valence-corrected chi connectivity index (χ4v) is 4.26. The first-order chi connectivity index (χ1) is 19.7. The molecule has 8 nitrogen and oxygen atoms in total. The molecule has 1 heterocycles. The number of carbonyl (C=O) groups excluding carboxylic acids is 3. The van der Waals surface area contributed by atoms with Gasteiger partial charge in [0.1, 0.15) is 0 Å². The Morgan fingerprint density at radius 3 is 1.71 bits per heavy atom. The van der Waals surface area contributed by atoms with Crippen molar-refractivity contribution in [2.24, 2.45) is 0 Å². The SMILES string of the molecule is CC(=O)Nc1ccc(NC(=O)COC(=O)c2ccc3nc(-c4ccc(C)cc4)c(-c4ccc(C)cc4)nc3c2)cc1. The summed E-state index contributed by atoms with van der Waals surface area (Å²) in [7, 11) is 0. The normalized spacial score (nSPS) is 10.7. The van der Waals surface area contributed by atoms with Gasteiger partial charge in [-0.3, -0.25) is 9.59 Å². The molecule has 204 valence electrons. The Hall–Kier alpha value is -5.37. The average molecular weight is 545 g/mol. The van der Waals surface area contributed by atoms with Gasteiger partial charge >= 0.3 is 5.97 Å². The van der Waals surface area contributed by atoms with E-state index in [1.165, 1.54) is 6.92 Å². The van der Waals surface area contributed by atoms with Crippen LogP contribution >= 0.6 is 0 Å². The van der Waals surface area contributed by atoms with Gasteiger partial charge in [-0.2, -0.15) is 0 Å². The predicted molar refractivity (Wildman–Crippen MR) is 160 cm³/mol. The van der Waals surface area contributed by atoms with Crippen LogP contribution in [0.3, 0.4) is 0 Å². The van der Waals surface area contributed by atoms with E-state index in [9.17, 15) is 14.4 Å². The molecule has 0 saturated heterocycles. The predicted octanol–water partition coefficient (Wildman–Crippen LogP) is 6.33. The number of benzene rings is 4. The lowest BCUT2D eigenvalue weighted by atomic mass is 10.0. The van der Waals surface area contributed by atoms with Gasteiger partial charge in [-0.1, -0.05) is 59.7 Å².